The number of rotatable bonds is 3. The number of nitrogen functional groups attached to an aromatic ring is 1. The van der Waals surface area contributed by atoms with Gasteiger partial charge < -0.3 is 11.1 Å². The highest BCUT2D eigenvalue weighted by molar-refractivity contribution is 8.06. The van der Waals surface area contributed by atoms with Crippen LogP contribution < -0.4 is 11.1 Å². The lowest BCUT2D eigenvalue weighted by atomic mass is 10.4. The van der Waals surface area contributed by atoms with Crippen LogP contribution in [0.15, 0.2) is 12.4 Å². The second-order valence-corrected chi connectivity index (χ2v) is 5.83. The van der Waals surface area contributed by atoms with Gasteiger partial charge in [-0.1, -0.05) is 0 Å². The Morgan fingerprint density at radius 2 is 2.40 bits per heavy atom. The minimum absolute atomic E-state index is 0.512. The summed E-state index contributed by atoms with van der Waals surface area (Å²) >= 11 is 4.05. The van der Waals surface area contributed by atoms with Gasteiger partial charge in [0.1, 0.15) is 18.0 Å². The Hall–Kier alpha value is -0.620. The van der Waals surface area contributed by atoms with E-state index in [2.05, 4.69) is 15.3 Å². The fraction of sp³-hybridized carbons (Fsp3) is 0.556. The molecule has 82 valence electrons. The van der Waals surface area contributed by atoms with Crippen molar-refractivity contribution >= 4 is 35.2 Å². The van der Waals surface area contributed by atoms with Gasteiger partial charge in [-0.25, -0.2) is 9.97 Å². The largest absolute Gasteiger partial charge is 0.384 e. The average molecular weight is 242 g/mol. The molecule has 1 saturated heterocycles. The van der Waals surface area contributed by atoms with Crippen molar-refractivity contribution in [3.05, 3.63) is 12.4 Å². The lowest BCUT2D eigenvalue weighted by Gasteiger charge is -2.21. The molecule has 1 atom stereocenters. The number of nitrogens with zero attached hydrogens (tertiary/aromatic N) is 2. The minimum atomic E-state index is 0.512. The molecule has 1 fully saturated rings. The molecule has 1 aliphatic heterocycles. The SMILES string of the molecule is Nc1cc(NCC2CSCCS2)ncn1. The summed E-state index contributed by atoms with van der Waals surface area (Å²) in [5, 5.41) is 3.97. The predicted octanol–water partition coefficient (Wildman–Crippen LogP) is 1.32. The fourth-order valence-electron chi connectivity index (χ4n) is 1.34. The van der Waals surface area contributed by atoms with E-state index in [9.17, 15) is 0 Å². The van der Waals surface area contributed by atoms with Gasteiger partial charge in [0.05, 0.1) is 0 Å². The smallest absolute Gasteiger partial charge is 0.131 e. The Morgan fingerprint density at radius 3 is 3.13 bits per heavy atom. The quantitative estimate of drug-likeness (QED) is 0.833. The van der Waals surface area contributed by atoms with Crippen LogP contribution in [0.1, 0.15) is 0 Å². The number of hydrogen-bond donors (Lipinski definition) is 2. The van der Waals surface area contributed by atoms with Gasteiger partial charge in [-0.15, -0.1) is 0 Å². The molecular formula is C9H14N4S2. The van der Waals surface area contributed by atoms with Crippen molar-refractivity contribution in [2.45, 2.75) is 5.25 Å². The first-order chi connectivity index (χ1) is 7.34. The van der Waals surface area contributed by atoms with Crippen molar-refractivity contribution in [1.82, 2.24) is 9.97 Å². The van der Waals surface area contributed by atoms with Crippen LogP contribution in [0.3, 0.4) is 0 Å². The molecule has 2 heterocycles. The van der Waals surface area contributed by atoms with Gasteiger partial charge in [-0.2, -0.15) is 23.5 Å². The summed E-state index contributed by atoms with van der Waals surface area (Å²) in [6.45, 7) is 0.953. The first-order valence-electron chi connectivity index (χ1n) is 4.85. The molecule has 6 heteroatoms. The summed E-state index contributed by atoms with van der Waals surface area (Å²) in [6.07, 6.45) is 1.49. The number of thioether (sulfide) groups is 2. The highest BCUT2D eigenvalue weighted by Crippen LogP contribution is 2.24. The van der Waals surface area contributed by atoms with Crippen molar-refractivity contribution in [3.8, 4) is 0 Å². The summed E-state index contributed by atoms with van der Waals surface area (Å²) < 4.78 is 0. The van der Waals surface area contributed by atoms with Crippen LogP contribution in [0, 0.1) is 0 Å². The van der Waals surface area contributed by atoms with Gasteiger partial charge in [0, 0.05) is 35.1 Å². The highest BCUT2D eigenvalue weighted by atomic mass is 32.2. The van der Waals surface area contributed by atoms with E-state index < -0.39 is 0 Å². The van der Waals surface area contributed by atoms with E-state index in [-0.39, 0.29) is 0 Å². The third-order valence-electron chi connectivity index (χ3n) is 2.08. The summed E-state index contributed by atoms with van der Waals surface area (Å²) in [4.78, 5) is 7.96. The minimum Gasteiger partial charge on any atom is -0.384 e. The summed E-state index contributed by atoms with van der Waals surface area (Å²) in [5.41, 5.74) is 5.57. The van der Waals surface area contributed by atoms with Crippen molar-refractivity contribution in [2.75, 3.05) is 34.9 Å². The molecule has 2 rings (SSSR count). The zero-order valence-electron chi connectivity index (χ0n) is 8.35. The summed E-state index contributed by atoms with van der Waals surface area (Å²) in [5.74, 6) is 5.08. The second kappa shape index (κ2) is 5.46. The molecule has 0 saturated carbocycles. The molecular weight excluding hydrogens is 228 g/mol. The number of nitrogens with one attached hydrogen (secondary N) is 1. The maximum absolute atomic E-state index is 5.57. The monoisotopic (exact) mass is 242 g/mol. The van der Waals surface area contributed by atoms with Crippen molar-refractivity contribution in [2.24, 2.45) is 0 Å². The maximum atomic E-state index is 5.57. The van der Waals surface area contributed by atoms with Crippen molar-refractivity contribution in [1.29, 1.82) is 0 Å². The predicted molar refractivity (Wildman–Crippen MR) is 68.5 cm³/mol. The van der Waals surface area contributed by atoms with Gasteiger partial charge in [0.25, 0.3) is 0 Å². The lowest BCUT2D eigenvalue weighted by molar-refractivity contribution is 0.988. The van der Waals surface area contributed by atoms with Crippen molar-refractivity contribution in [3.63, 3.8) is 0 Å². The normalized spacial score (nSPS) is 21.2. The first-order valence-corrected chi connectivity index (χ1v) is 7.05. The van der Waals surface area contributed by atoms with Crippen LogP contribution in [-0.2, 0) is 0 Å². The standard InChI is InChI=1S/C9H14N4S2/c10-8-3-9(13-6-12-8)11-4-7-5-14-1-2-15-7/h3,6-7H,1-2,4-5H2,(H3,10,11,12,13). The van der Waals surface area contributed by atoms with E-state index in [1.165, 1.54) is 23.6 Å². The van der Waals surface area contributed by atoms with E-state index in [4.69, 9.17) is 5.73 Å². The van der Waals surface area contributed by atoms with Crippen LogP contribution in [0.25, 0.3) is 0 Å². The van der Waals surface area contributed by atoms with Gasteiger partial charge in [-0.3, -0.25) is 0 Å². The molecule has 15 heavy (non-hydrogen) atoms. The number of aromatic nitrogens is 2. The molecule has 1 aliphatic rings. The van der Waals surface area contributed by atoms with E-state index in [0.29, 0.717) is 11.1 Å². The topological polar surface area (TPSA) is 63.8 Å². The lowest BCUT2D eigenvalue weighted by Crippen LogP contribution is -2.23. The zero-order chi connectivity index (χ0) is 10.5. The highest BCUT2D eigenvalue weighted by Gasteiger charge is 2.13. The third-order valence-corrected chi connectivity index (χ3v) is 4.93. The Labute approximate surface area is 97.8 Å². The number of hydrogen-bond acceptors (Lipinski definition) is 6. The first kappa shape index (κ1) is 10.9. The van der Waals surface area contributed by atoms with Gasteiger partial charge in [0.15, 0.2) is 0 Å². The maximum Gasteiger partial charge on any atom is 0.131 e. The van der Waals surface area contributed by atoms with E-state index in [0.717, 1.165) is 12.4 Å². The van der Waals surface area contributed by atoms with Crippen LogP contribution in [0.4, 0.5) is 11.6 Å². The molecule has 0 aromatic carbocycles. The Bertz CT molecular complexity index is 315. The molecule has 3 N–H and O–H groups in total. The summed E-state index contributed by atoms with van der Waals surface area (Å²) in [6, 6.07) is 1.76. The second-order valence-electron chi connectivity index (χ2n) is 3.28. The van der Waals surface area contributed by atoms with E-state index in [1.807, 2.05) is 23.5 Å². The molecule has 0 aliphatic carbocycles. The molecule has 4 nitrogen and oxygen atoms in total. The Balaban J connectivity index is 1.81. The van der Waals surface area contributed by atoms with Crippen LogP contribution in [-0.4, -0.2) is 39.0 Å². The van der Waals surface area contributed by atoms with Gasteiger partial charge in [0.2, 0.25) is 0 Å². The molecule has 0 spiro atoms. The van der Waals surface area contributed by atoms with Crippen LogP contribution in [0.2, 0.25) is 0 Å². The van der Waals surface area contributed by atoms with E-state index in [1.54, 1.807) is 6.07 Å². The van der Waals surface area contributed by atoms with Gasteiger partial charge in [-0.05, 0) is 0 Å². The molecule has 1 aromatic rings. The zero-order valence-corrected chi connectivity index (χ0v) is 9.98. The average Bonchev–Trinajstić information content (AvgIpc) is 2.28. The Morgan fingerprint density at radius 1 is 1.47 bits per heavy atom. The molecule has 0 radical (unpaired) electrons. The third kappa shape index (κ3) is 3.46. The van der Waals surface area contributed by atoms with Crippen LogP contribution >= 0.6 is 23.5 Å². The number of nitrogens with two attached hydrogens (primary N) is 1. The molecule has 1 aromatic heterocycles. The van der Waals surface area contributed by atoms with Crippen molar-refractivity contribution < 1.29 is 0 Å². The number of anilines is 2. The van der Waals surface area contributed by atoms with Gasteiger partial charge >= 0.3 is 0 Å². The molecule has 0 amide bonds. The van der Waals surface area contributed by atoms with E-state index >= 15 is 0 Å². The molecule has 1 unspecified atom stereocenters. The molecule has 0 bridgehead atoms. The Kier molecular flexibility index (Phi) is 3.96. The fourth-order valence-corrected chi connectivity index (χ4v) is 3.95. The summed E-state index contributed by atoms with van der Waals surface area (Å²) in [7, 11) is 0. The van der Waals surface area contributed by atoms with Crippen LogP contribution in [0.5, 0.6) is 0 Å².